The molecule has 2 unspecified atom stereocenters. The maximum atomic E-state index is 10.5. The molecule has 1 aliphatic rings. The zero-order valence-corrected chi connectivity index (χ0v) is 17.3. The summed E-state index contributed by atoms with van der Waals surface area (Å²) in [5.41, 5.74) is 0. The lowest BCUT2D eigenvalue weighted by atomic mass is 9.89. The molecule has 1 fully saturated rings. The summed E-state index contributed by atoms with van der Waals surface area (Å²) in [5.74, 6) is 0.508. The van der Waals surface area contributed by atoms with E-state index in [1.54, 1.807) is 0 Å². The SMILES string of the molecule is CC(O)CCCC/C=C/[C@H]1CCC(Cl)[C@@H]1CCCCCCC(=O)O.CO. The quantitative estimate of drug-likeness (QED) is 0.231. The third-order valence-corrected chi connectivity index (χ3v) is 5.64. The highest BCUT2D eigenvalue weighted by molar-refractivity contribution is 6.21. The normalized spacial score (nSPS) is 23.7. The molecule has 0 aromatic carbocycles. The average Bonchev–Trinajstić information content (AvgIpc) is 2.95. The smallest absolute Gasteiger partial charge is 0.303 e. The van der Waals surface area contributed by atoms with E-state index < -0.39 is 5.97 Å². The number of hydrogen-bond acceptors (Lipinski definition) is 3. The van der Waals surface area contributed by atoms with Gasteiger partial charge in [-0.2, -0.15) is 0 Å². The Balaban J connectivity index is 0.00000301. The van der Waals surface area contributed by atoms with Gasteiger partial charge in [-0.15, -0.1) is 11.6 Å². The van der Waals surface area contributed by atoms with Crippen LogP contribution in [0.4, 0.5) is 0 Å². The number of aliphatic hydroxyl groups is 2. The van der Waals surface area contributed by atoms with Crippen LogP contribution in [0, 0.1) is 11.8 Å². The highest BCUT2D eigenvalue weighted by Crippen LogP contribution is 2.40. The van der Waals surface area contributed by atoms with Crippen LogP contribution in [0.25, 0.3) is 0 Å². The highest BCUT2D eigenvalue weighted by Gasteiger charge is 2.32. The molecule has 0 aliphatic heterocycles. The van der Waals surface area contributed by atoms with Crippen molar-refractivity contribution in [2.24, 2.45) is 11.8 Å². The standard InChI is InChI=1S/C20H35ClO3.CH4O/c1-16(22)10-6-2-3-7-11-17-14-15-19(21)18(17)12-8-4-5-9-13-20(23)24;1-2/h7,11,16-19,22H,2-6,8-10,12-15H2,1H3,(H,23,24);2H,1H3/b11-7+;/t16?,17-,18+,19?;/m0./s1. The third kappa shape index (κ3) is 12.7. The molecular formula is C21H39ClO4. The van der Waals surface area contributed by atoms with Gasteiger partial charge in [0.2, 0.25) is 0 Å². The zero-order valence-electron chi connectivity index (χ0n) is 16.6. The van der Waals surface area contributed by atoms with Crippen LogP contribution in [0.1, 0.15) is 84.0 Å². The van der Waals surface area contributed by atoms with E-state index in [9.17, 15) is 9.90 Å². The first-order valence-corrected chi connectivity index (χ1v) is 10.6. The minimum absolute atomic E-state index is 0.180. The highest BCUT2D eigenvalue weighted by atomic mass is 35.5. The number of carboxylic acid groups (broad SMARTS) is 1. The fourth-order valence-electron chi connectivity index (χ4n) is 3.66. The molecule has 0 aromatic heterocycles. The third-order valence-electron chi connectivity index (χ3n) is 5.09. The second kappa shape index (κ2) is 16.6. The van der Waals surface area contributed by atoms with E-state index in [0.717, 1.165) is 71.3 Å². The van der Waals surface area contributed by atoms with Gasteiger partial charge in [0, 0.05) is 18.9 Å². The van der Waals surface area contributed by atoms with Gasteiger partial charge in [-0.1, -0.05) is 37.8 Å². The van der Waals surface area contributed by atoms with Crippen molar-refractivity contribution in [1.29, 1.82) is 0 Å². The molecule has 154 valence electrons. The van der Waals surface area contributed by atoms with E-state index in [1.807, 2.05) is 6.92 Å². The molecule has 3 N–H and O–H groups in total. The maximum absolute atomic E-state index is 10.5. The van der Waals surface area contributed by atoms with Crippen molar-refractivity contribution in [3.05, 3.63) is 12.2 Å². The summed E-state index contributed by atoms with van der Waals surface area (Å²) >= 11 is 6.51. The predicted octanol–water partition coefficient (Wildman–Crippen LogP) is 5.15. The Morgan fingerprint density at radius 3 is 2.46 bits per heavy atom. The first kappa shape index (κ1) is 25.4. The Morgan fingerprint density at radius 1 is 1.12 bits per heavy atom. The molecule has 0 spiro atoms. The number of aliphatic carboxylic acids is 1. The van der Waals surface area contributed by atoms with Gasteiger partial charge in [-0.25, -0.2) is 0 Å². The van der Waals surface area contributed by atoms with Gasteiger partial charge in [0.05, 0.1) is 6.10 Å². The Labute approximate surface area is 164 Å². The van der Waals surface area contributed by atoms with Crippen LogP contribution in [-0.4, -0.2) is 39.9 Å². The summed E-state index contributed by atoms with van der Waals surface area (Å²) < 4.78 is 0. The molecule has 1 saturated carbocycles. The van der Waals surface area contributed by atoms with Crippen molar-refractivity contribution in [3.63, 3.8) is 0 Å². The fourth-order valence-corrected chi connectivity index (χ4v) is 4.10. The Hall–Kier alpha value is -0.580. The summed E-state index contributed by atoms with van der Waals surface area (Å²) in [7, 11) is 1.00. The monoisotopic (exact) mass is 390 g/mol. The molecule has 5 heteroatoms. The van der Waals surface area contributed by atoms with E-state index in [-0.39, 0.29) is 6.10 Å². The molecule has 4 atom stereocenters. The number of carboxylic acids is 1. The number of aliphatic hydroxyl groups excluding tert-OH is 2. The van der Waals surface area contributed by atoms with Crippen LogP contribution in [0.3, 0.4) is 0 Å². The number of halogens is 1. The lowest BCUT2D eigenvalue weighted by molar-refractivity contribution is -0.137. The van der Waals surface area contributed by atoms with E-state index >= 15 is 0 Å². The molecule has 1 aliphatic carbocycles. The molecule has 0 saturated heterocycles. The molecule has 26 heavy (non-hydrogen) atoms. The second-order valence-corrected chi connectivity index (χ2v) is 7.89. The van der Waals surface area contributed by atoms with Gasteiger partial charge in [0.15, 0.2) is 0 Å². The molecular weight excluding hydrogens is 352 g/mol. The lowest BCUT2D eigenvalue weighted by Gasteiger charge is -2.19. The largest absolute Gasteiger partial charge is 0.481 e. The van der Waals surface area contributed by atoms with Gasteiger partial charge in [-0.3, -0.25) is 4.79 Å². The number of allylic oxidation sites excluding steroid dienone is 2. The molecule has 0 aromatic rings. The number of hydrogen-bond donors (Lipinski definition) is 3. The van der Waals surface area contributed by atoms with E-state index in [0.29, 0.717) is 23.6 Å². The van der Waals surface area contributed by atoms with Crippen LogP contribution in [0.2, 0.25) is 0 Å². The molecule has 0 radical (unpaired) electrons. The topological polar surface area (TPSA) is 77.8 Å². The maximum Gasteiger partial charge on any atom is 0.303 e. The van der Waals surface area contributed by atoms with Crippen molar-refractivity contribution < 1.29 is 20.1 Å². The fraction of sp³-hybridized carbons (Fsp3) is 0.857. The van der Waals surface area contributed by atoms with Crippen LogP contribution in [0.5, 0.6) is 0 Å². The molecule has 0 heterocycles. The van der Waals surface area contributed by atoms with Gasteiger partial charge in [-0.05, 0) is 63.7 Å². The van der Waals surface area contributed by atoms with Gasteiger partial charge in [0.25, 0.3) is 0 Å². The molecule has 0 bridgehead atoms. The predicted molar refractivity (Wildman–Crippen MR) is 109 cm³/mol. The van der Waals surface area contributed by atoms with Gasteiger partial charge < -0.3 is 15.3 Å². The Morgan fingerprint density at radius 2 is 1.81 bits per heavy atom. The number of carbonyl (C=O) groups is 1. The summed E-state index contributed by atoms with van der Waals surface area (Å²) in [6, 6.07) is 0. The van der Waals surface area contributed by atoms with E-state index in [1.165, 1.54) is 6.42 Å². The lowest BCUT2D eigenvalue weighted by Crippen LogP contribution is -2.13. The van der Waals surface area contributed by atoms with Crippen molar-refractivity contribution in [1.82, 2.24) is 0 Å². The number of alkyl halides is 1. The van der Waals surface area contributed by atoms with Crippen LogP contribution < -0.4 is 0 Å². The van der Waals surface area contributed by atoms with Crippen molar-refractivity contribution in [3.8, 4) is 0 Å². The van der Waals surface area contributed by atoms with Crippen LogP contribution >= 0.6 is 11.6 Å². The van der Waals surface area contributed by atoms with Crippen molar-refractivity contribution in [2.75, 3.05) is 7.11 Å². The summed E-state index contributed by atoms with van der Waals surface area (Å²) in [6.07, 6.45) is 16.6. The number of rotatable bonds is 13. The minimum atomic E-state index is -0.690. The van der Waals surface area contributed by atoms with E-state index in [2.05, 4.69) is 12.2 Å². The number of unbranched alkanes of at least 4 members (excludes halogenated alkanes) is 5. The van der Waals surface area contributed by atoms with E-state index in [4.69, 9.17) is 21.8 Å². The van der Waals surface area contributed by atoms with Gasteiger partial charge in [0.1, 0.15) is 0 Å². The minimum Gasteiger partial charge on any atom is -0.481 e. The first-order chi connectivity index (χ1) is 12.5. The van der Waals surface area contributed by atoms with Gasteiger partial charge >= 0.3 is 5.97 Å². The molecule has 1 rings (SSSR count). The van der Waals surface area contributed by atoms with Crippen LogP contribution in [-0.2, 0) is 4.79 Å². The summed E-state index contributed by atoms with van der Waals surface area (Å²) in [5, 5.41) is 25.2. The Bertz CT molecular complexity index is 371. The molecule has 4 nitrogen and oxygen atoms in total. The average molecular weight is 391 g/mol. The van der Waals surface area contributed by atoms with Crippen molar-refractivity contribution >= 4 is 17.6 Å². The summed E-state index contributed by atoms with van der Waals surface area (Å²) in [4.78, 5) is 10.5. The molecule has 0 amide bonds. The van der Waals surface area contributed by atoms with Crippen LogP contribution in [0.15, 0.2) is 12.2 Å². The second-order valence-electron chi connectivity index (χ2n) is 7.33. The Kier molecular flexibility index (Phi) is 16.2. The van der Waals surface area contributed by atoms with Crippen molar-refractivity contribution in [2.45, 2.75) is 95.5 Å². The summed E-state index contributed by atoms with van der Waals surface area (Å²) in [6.45, 7) is 1.85. The zero-order chi connectivity index (χ0) is 19.8. The first-order valence-electron chi connectivity index (χ1n) is 10.2.